The molecule has 0 aliphatic rings. The molecule has 5 nitrogen and oxygen atoms in total. The minimum Gasteiger partial charge on any atom is -0.264 e. The molecule has 0 unspecified atom stereocenters. The van der Waals surface area contributed by atoms with E-state index in [0.717, 1.165) is 44.5 Å². The molecule has 3 heterocycles. The van der Waals surface area contributed by atoms with E-state index in [1.807, 2.05) is 24.5 Å². The van der Waals surface area contributed by atoms with Gasteiger partial charge in [-0.15, -0.1) is 10.2 Å². The first-order valence-corrected chi connectivity index (χ1v) is 15.6. The number of aromatic nitrogens is 5. The number of pyridine rings is 2. The van der Waals surface area contributed by atoms with Crippen LogP contribution < -0.4 is 0 Å². The molecular formula is C42H27N5. The fourth-order valence-corrected chi connectivity index (χ4v) is 6.67. The predicted molar refractivity (Wildman–Crippen MR) is 191 cm³/mol. The molecule has 0 spiro atoms. The Morgan fingerprint density at radius 3 is 1.43 bits per heavy atom. The van der Waals surface area contributed by atoms with Crippen LogP contribution in [0.4, 0.5) is 0 Å². The first-order valence-electron chi connectivity index (χ1n) is 15.6. The minimum atomic E-state index is 0.831. The summed E-state index contributed by atoms with van der Waals surface area (Å²) in [6.45, 7) is 0. The van der Waals surface area contributed by atoms with Crippen LogP contribution in [-0.4, -0.2) is 25.0 Å². The smallest absolute Gasteiger partial charge is 0.114 e. The van der Waals surface area contributed by atoms with Gasteiger partial charge in [0.15, 0.2) is 0 Å². The lowest BCUT2D eigenvalue weighted by Crippen LogP contribution is -1.99. The number of hydrogen-bond acceptors (Lipinski definition) is 4. The van der Waals surface area contributed by atoms with Crippen molar-refractivity contribution in [3.8, 4) is 50.2 Å². The molecule has 6 aromatic carbocycles. The fourth-order valence-electron chi connectivity index (χ4n) is 6.67. The Labute approximate surface area is 271 Å². The van der Waals surface area contributed by atoms with E-state index in [9.17, 15) is 0 Å². The van der Waals surface area contributed by atoms with E-state index in [4.69, 9.17) is 10.2 Å². The minimum absolute atomic E-state index is 0.831. The summed E-state index contributed by atoms with van der Waals surface area (Å²) < 4.78 is 0. The third-order valence-corrected chi connectivity index (χ3v) is 8.80. The van der Waals surface area contributed by atoms with Crippen molar-refractivity contribution in [3.05, 3.63) is 164 Å². The lowest BCUT2D eigenvalue weighted by molar-refractivity contribution is 0.766. The highest BCUT2D eigenvalue weighted by Gasteiger charge is 2.18. The molecule has 0 atom stereocenters. The molecule has 9 rings (SSSR count). The van der Waals surface area contributed by atoms with E-state index in [0.29, 0.717) is 0 Å². The highest BCUT2D eigenvalue weighted by atomic mass is 15.5. The largest absolute Gasteiger partial charge is 0.264 e. The third-order valence-electron chi connectivity index (χ3n) is 8.80. The Kier molecular flexibility index (Phi) is 6.39. The van der Waals surface area contributed by atoms with Gasteiger partial charge in [0.1, 0.15) is 11.0 Å². The zero-order valence-electron chi connectivity index (χ0n) is 25.3. The number of benzene rings is 6. The highest BCUT2D eigenvalue weighted by molar-refractivity contribution is 6.21. The van der Waals surface area contributed by atoms with E-state index in [1.54, 1.807) is 17.2 Å². The van der Waals surface area contributed by atoms with Gasteiger partial charge >= 0.3 is 0 Å². The lowest BCUT2D eigenvalue weighted by Gasteiger charge is -2.17. The quantitative estimate of drug-likeness (QED) is 0.184. The Balaban J connectivity index is 1.23. The molecule has 0 saturated carbocycles. The molecule has 0 aliphatic carbocycles. The average molecular weight is 602 g/mol. The first kappa shape index (κ1) is 26.9. The second-order valence-electron chi connectivity index (χ2n) is 11.7. The zero-order chi connectivity index (χ0) is 31.2. The monoisotopic (exact) mass is 601 g/mol. The van der Waals surface area contributed by atoms with Crippen molar-refractivity contribution < 1.29 is 0 Å². The van der Waals surface area contributed by atoms with Gasteiger partial charge in [-0.25, -0.2) is 0 Å². The zero-order valence-corrected chi connectivity index (χ0v) is 25.3. The van der Waals surface area contributed by atoms with Crippen LogP contribution >= 0.6 is 0 Å². The SMILES string of the molecule is c1ccc(-c2c3ccccc3c(-c3ccc4nn(-c5cc(-c6cccnc6)cc(-c6cccnc6)c5)nc4c3)c3ccccc23)cc1. The van der Waals surface area contributed by atoms with E-state index in [1.165, 1.54) is 38.2 Å². The summed E-state index contributed by atoms with van der Waals surface area (Å²) in [5.41, 5.74) is 11.4. The number of rotatable bonds is 5. The number of hydrogen-bond donors (Lipinski definition) is 0. The number of fused-ring (bicyclic) bond motifs is 3. The average Bonchev–Trinajstić information content (AvgIpc) is 3.58. The van der Waals surface area contributed by atoms with Crippen LogP contribution in [0.2, 0.25) is 0 Å². The molecule has 5 heteroatoms. The van der Waals surface area contributed by atoms with Crippen molar-refractivity contribution in [3.63, 3.8) is 0 Å². The fraction of sp³-hybridized carbons (Fsp3) is 0. The van der Waals surface area contributed by atoms with E-state index < -0.39 is 0 Å². The summed E-state index contributed by atoms with van der Waals surface area (Å²) in [6.07, 6.45) is 7.33. The van der Waals surface area contributed by atoms with Crippen LogP contribution in [0.5, 0.6) is 0 Å². The second-order valence-corrected chi connectivity index (χ2v) is 11.7. The highest BCUT2D eigenvalue weighted by Crippen LogP contribution is 2.43. The topological polar surface area (TPSA) is 56.5 Å². The van der Waals surface area contributed by atoms with Gasteiger partial charge in [0.25, 0.3) is 0 Å². The maximum Gasteiger partial charge on any atom is 0.114 e. The summed E-state index contributed by atoms with van der Waals surface area (Å²) in [6, 6.07) is 48.9. The lowest BCUT2D eigenvalue weighted by atomic mass is 9.86. The molecular weight excluding hydrogens is 574 g/mol. The first-order chi connectivity index (χ1) is 23.3. The Hall–Kier alpha value is -6.46. The summed E-state index contributed by atoms with van der Waals surface area (Å²) in [4.78, 5) is 10.4. The molecule has 0 N–H and O–H groups in total. The van der Waals surface area contributed by atoms with E-state index in [-0.39, 0.29) is 0 Å². The summed E-state index contributed by atoms with van der Waals surface area (Å²) >= 11 is 0. The molecule has 0 bridgehead atoms. The van der Waals surface area contributed by atoms with Crippen LogP contribution in [0.3, 0.4) is 0 Å². The van der Waals surface area contributed by atoms with Crippen molar-refractivity contribution in [2.45, 2.75) is 0 Å². The van der Waals surface area contributed by atoms with Gasteiger partial charge < -0.3 is 0 Å². The normalized spacial score (nSPS) is 11.4. The van der Waals surface area contributed by atoms with Crippen molar-refractivity contribution in [2.75, 3.05) is 0 Å². The predicted octanol–water partition coefficient (Wildman–Crippen LogP) is 10.2. The van der Waals surface area contributed by atoms with Crippen LogP contribution in [0.15, 0.2) is 164 Å². The molecule has 0 aliphatic heterocycles. The van der Waals surface area contributed by atoms with Crippen molar-refractivity contribution in [1.29, 1.82) is 0 Å². The third kappa shape index (κ3) is 4.73. The molecule has 3 aromatic heterocycles. The molecule has 47 heavy (non-hydrogen) atoms. The van der Waals surface area contributed by atoms with Gasteiger partial charge in [0, 0.05) is 35.9 Å². The van der Waals surface area contributed by atoms with Crippen LogP contribution in [0.25, 0.3) is 82.8 Å². The van der Waals surface area contributed by atoms with Gasteiger partial charge in [0.05, 0.1) is 5.69 Å². The standard InChI is InChI=1S/C42H27N5/c1-2-10-28(11-3-1)41-35-14-4-6-16-37(35)42(38-17-7-5-15-36(38)41)29-18-19-39-40(25-29)46-47(45-39)34-23-32(30-12-8-20-43-26-30)22-33(24-34)31-13-9-21-44-27-31/h1-27H. The summed E-state index contributed by atoms with van der Waals surface area (Å²) in [7, 11) is 0. The Morgan fingerprint density at radius 1 is 0.362 bits per heavy atom. The summed E-state index contributed by atoms with van der Waals surface area (Å²) in [5, 5.41) is 14.9. The van der Waals surface area contributed by atoms with Crippen LogP contribution in [0.1, 0.15) is 0 Å². The summed E-state index contributed by atoms with van der Waals surface area (Å²) in [5.74, 6) is 0. The molecule has 0 radical (unpaired) electrons. The Bertz CT molecular complexity index is 2440. The van der Waals surface area contributed by atoms with Gasteiger partial charge in [-0.3, -0.25) is 9.97 Å². The van der Waals surface area contributed by atoms with Gasteiger partial charge in [-0.2, -0.15) is 4.80 Å². The van der Waals surface area contributed by atoms with Crippen molar-refractivity contribution in [1.82, 2.24) is 25.0 Å². The molecule has 220 valence electrons. The van der Waals surface area contributed by atoms with Crippen molar-refractivity contribution >= 4 is 32.6 Å². The van der Waals surface area contributed by atoms with Gasteiger partial charge in [-0.05, 0) is 97.4 Å². The molecule has 0 saturated heterocycles. The molecule has 9 aromatic rings. The van der Waals surface area contributed by atoms with Gasteiger partial charge in [0.2, 0.25) is 0 Å². The van der Waals surface area contributed by atoms with Crippen LogP contribution in [0, 0.1) is 0 Å². The van der Waals surface area contributed by atoms with Gasteiger partial charge in [-0.1, -0.05) is 97.1 Å². The second kappa shape index (κ2) is 11.2. The van der Waals surface area contributed by atoms with E-state index >= 15 is 0 Å². The molecule has 0 amide bonds. The number of nitrogens with zero attached hydrogens (tertiary/aromatic N) is 5. The maximum absolute atomic E-state index is 5.04. The van der Waals surface area contributed by atoms with Crippen molar-refractivity contribution in [2.24, 2.45) is 0 Å². The van der Waals surface area contributed by atoms with Crippen LogP contribution in [-0.2, 0) is 0 Å². The Morgan fingerprint density at radius 2 is 0.872 bits per heavy atom. The molecule has 0 fully saturated rings. The van der Waals surface area contributed by atoms with E-state index in [2.05, 4.69) is 137 Å². The maximum atomic E-state index is 5.04.